The van der Waals surface area contributed by atoms with E-state index >= 15 is 0 Å². The number of nitrogens with one attached hydrogen (secondary N) is 1. The molecule has 2 aromatic heterocycles. The Labute approximate surface area is 166 Å². The first-order chi connectivity index (χ1) is 14.1. The first-order valence-corrected chi connectivity index (χ1v) is 8.47. The zero-order valence-corrected chi connectivity index (χ0v) is 15.0. The Balaban J connectivity index is 2.07. The van der Waals surface area contributed by atoms with Gasteiger partial charge in [-0.15, -0.1) is 0 Å². The Morgan fingerprint density at radius 1 is 0.833 bits per heavy atom. The van der Waals surface area contributed by atoms with E-state index in [-0.39, 0.29) is 11.1 Å². The molecule has 2 heterocycles. The van der Waals surface area contributed by atoms with Crippen molar-refractivity contribution in [2.45, 2.75) is 18.4 Å². The summed E-state index contributed by atoms with van der Waals surface area (Å²) in [6, 6.07) is 6.62. The Morgan fingerprint density at radius 3 is 2.03 bits per heavy atom. The average Bonchev–Trinajstić information content (AvgIpc) is 2.71. The summed E-state index contributed by atoms with van der Waals surface area (Å²) >= 11 is 0. The maximum absolute atomic E-state index is 13.5. The summed E-state index contributed by atoms with van der Waals surface area (Å²) in [5, 5.41) is 2.43. The lowest BCUT2D eigenvalue weighted by molar-refractivity contribution is -0.139. The predicted octanol–water partition coefficient (Wildman–Crippen LogP) is 5.03. The molecule has 3 aromatic rings. The number of carbonyl (C=O) groups is 1. The molecule has 0 aliphatic carbocycles. The van der Waals surface area contributed by atoms with Crippen LogP contribution in [0.4, 0.5) is 26.3 Å². The number of carbonyl (C=O) groups excluding carboxylic acids is 1. The van der Waals surface area contributed by atoms with Gasteiger partial charge in [-0.2, -0.15) is 26.3 Å². The number of nitrogens with zero attached hydrogens (tertiary/aromatic N) is 2. The van der Waals surface area contributed by atoms with E-state index in [1.54, 1.807) is 0 Å². The monoisotopic (exact) mass is 425 g/mol. The fourth-order valence-corrected chi connectivity index (χ4v) is 2.78. The molecule has 10 heteroatoms. The molecular weight excluding hydrogens is 412 g/mol. The van der Waals surface area contributed by atoms with Crippen molar-refractivity contribution >= 4 is 5.91 Å². The van der Waals surface area contributed by atoms with Crippen LogP contribution in [-0.2, 0) is 12.4 Å². The summed E-state index contributed by atoms with van der Waals surface area (Å²) in [7, 11) is 0. The van der Waals surface area contributed by atoms with Crippen LogP contribution >= 0.6 is 0 Å². The van der Waals surface area contributed by atoms with Crippen LogP contribution in [0.5, 0.6) is 0 Å². The highest BCUT2D eigenvalue weighted by Crippen LogP contribution is 2.36. The Morgan fingerprint density at radius 2 is 1.47 bits per heavy atom. The Bertz CT molecular complexity index is 1020. The smallest absolute Gasteiger partial charge is 0.340 e. The number of rotatable bonds is 4. The Hall–Kier alpha value is -3.43. The van der Waals surface area contributed by atoms with Crippen molar-refractivity contribution in [2.75, 3.05) is 0 Å². The summed E-state index contributed by atoms with van der Waals surface area (Å²) < 4.78 is 79.1. The van der Waals surface area contributed by atoms with Gasteiger partial charge in [0.15, 0.2) is 0 Å². The number of amides is 1. The highest BCUT2D eigenvalue weighted by Gasteiger charge is 2.37. The van der Waals surface area contributed by atoms with Crippen LogP contribution in [0, 0.1) is 0 Å². The molecule has 1 N–H and O–H groups in total. The number of aromatic nitrogens is 2. The third kappa shape index (κ3) is 4.76. The van der Waals surface area contributed by atoms with E-state index in [4.69, 9.17) is 0 Å². The van der Waals surface area contributed by atoms with E-state index < -0.39 is 41.1 Å². The van der Waals surface area contributed by atoms with Crippen LogP contribution in [0.2, 0.25) is 0 Å². The molecule has 3 rings (SSSR count). The molecule has 4 nitrogen and oxygen atoms in total. The van der Waals surface area contributed by atoms with Crippen LogP contribution in [0.15, 0.2) is 67.1 Å². The molecule has 1 amide bonds. The van der Waals surface area contributed by atoms with Gasteiger partial charge in [-0.1, -0.05) is 12.1 Å². The second-order valence-corrected chi connectivity index (χ2v) is 6.20. The number of halogens is 6. The molecule has 0 radical (unpaired) electrons. The molecule has 0 aliphatic rings. The quantitative estimate of drug-likeness (QED) is 0.597. The lowest BCUT2D eigenvalue weighted by atomic mass is 9.97. The number of hydrogen-bond acceptors (Lipinski definition) is 3. The van der Waals surface area contributed by atoms with Gasteiger partial charge in [-0.05, 0) is 42.0 Å². The fourth-order valence-electron chi connectivity index (χ4n) is 2.78. The van der Waals surface area contributed by atoms with E-state index in [2.05, 4.69) is 15.3 Å². The molecule has 0 saturated heterocycles. The van der Waals surface area contributed by atoms with Gasteiger partial charge in [0.25, 0.3) is 5.91 Å². The van der Waals surface area contributed by atoms with E-state index in [0.29, 0.717) is 0 Å². The standard InChI is InChI=1S/C20H13F6N3O/c21-19(22,23)14-5-3-12(4-6-14)16(29-18(30)13-7-10-27-11-8-13)17-15(20(24,25)26)2-1-9-28-17/h1-11,16H,(H,29,30). The van der Waals surface area contributed by atoms with E-state index in [1.165, 1.54) is 24.5 Å². The molecule has 0 fully saturated rings. The maximum Gasteiger partial charge on any atom is 0.418 e. The summed E-state index contributed by atoms with van der Waals surface area (Å²) in [6.07, 6.45) is -5.64. The van der Waals surface area contributed by atoms with Crippen molar-refractivity contribution in [3.8, 4) is 0 Å². The third-order valence-corrected chi connectivity index (χ3v) is 4.21. The average molecular weight is 425 g/mol. The minimum Gasteiger partial charge on any atom is -0.340 e. The topological polar surface area (TPSA) is 54.9 Å². The van der Waals surface area contributed by atoms with Crippen LogP contribution in [0.3, 0.4) is 0 Å². The molecule has 0 saturated carbocycles. The maximum atomic E-state index is 13.5. The van der Waals surface area contributed by atoms with Crippen molar-refractivity contribution in [3.63, 3.8) is 0 Å². The second kappa shape index (κ2) is 8.13. The Kier molecular flexibility index (Phi) is 5.77. The molecule has 0 aliphatic heterocycles. The SMILES string of the molecule is O=C(NC(c1ccc(C(F)(F)F)cc1)c1ncccc1C(F)(F)F)c1ccncc1. The van der Waals surface area contributed by atoms with Gasteiger partial charge in [0, 0.05) is 24.2 Å². The van der Waals surface area contributed by atoms with Gasteiger partial charge in [-0.3, -0.25) is 14.8 Å². The third-order valence-electron chi connectivity index (χ3n) is 4.21. The number of alkyl halides is 6. The molecular formula is C20H13F6N3O. The summed E-state index contributed by atoms with van der Waals surface area (Å²) in [5.41, 5.74) is -2.49. The summed E-state index contributed by atoms with van der Waals surface area (Å²) in [6.45, 7) is 0. The summed E-state index contributed by atoms with van der Waals surface area (Å²) in [4.78, 5) is 20.1. The molecule has 1 atom stereocenters. The number of benzene rings is 1. The van der Waals surface area contributed by atoms with Gasteiger partial charge in [-0.25, -0.2) is 0 Å². The molecule has 30 heavy (non-hydrogen) atoms. The normalized spacial score (nSPS) is 13.0. The van der Waals surface area contributed by atoms with Gasteiger partial charge >= 0.3 is 12.4 Å². The van der Waals surface area contributed by atoms with Crippen molar-refractivity contribution in [1.29, 1.82) is 0 Å². The highest BCUT2D eigenvalue weighted by atomic mass is 19.4. The van der Waals surface area contributed by atoms with E-state index in [9.17, 15) is 31.1 Å². The second-order valence-electron chi connectivity index (χ2n) is 6.20. The highest BCUT2D eigenvalue weighted by molar-refractivity contribution is 5.94. The molecule has 0 spiro atoms. The number of pyridine rings is 2. The molecule has 1 unspecified atom stereocenters. The lowest BCUT2D eigenvalue weighted by Crippen LogP contribution is -2.31. The molecule has 156 valence electrons. The lowest BCUT2D eigenvalue weighted by Gasteiger charge is -2.23. The van der Waals surface area contributed by atoms with Gasteiger partial charge in [0.2, 0.25) is 0 Å². The zero-order chi connectivity index (χ0) is 21.9. The van der Waals surface area contributed by atoms with Crippen molar-refractivity contribution in [1.82, 2.24) is 15.3 Å². The first-order valence-electron chi connectivity index (χ1n) is 8.47. The van der Waals surface area contributed by atoms with E-state index in [0.717, 1.165) is 42.6 Å². The largest absolute Gasteiger partial charge is 0.418 e. The van der Waals surface area contributed by atoms with Crippen molar-refractivity contribution in [2.24, 2.45) is 0 Å². The van der Waals surface area contributed by atoms with Crippen LogP contribution in [-0.4, -0.2) is 15.9 Å². The minimum atomic E-state index is -4.78. The van der Waals surface area contributed by atoms with Gasteiger partial charge in [0.1, 0.15) is 0 Å². The fraction of sp³-hybridized carbons (Fsp3) is 0.150. The number of hydrogen-bond donors (Lipinski definition) is 1. The minimum absolute atomic E-state index is 0.00889. The molecule has 0 bridgehead atoms. The summed E-state index contributed by atoms with van der Waals surface area (Å²) in [5.74, 6) is -0.735. The molecule has 1 aromatic carbocycles. The zero-order valence-electron chi connectivity index (χ0n) is 15.0. The van der Waals surface area contributed by atoms with Crippen molar-refractivity contribution in [3.05, 3.63) is 95.1 Å². The van der Waals surface area contributed by atoms with E-state index in [1.807, 2.05) is 0 Å². The van der Waals surface area contributed by atoms with Crippen LogP contribution in [0.1, 0.15) is 38.8 Å². The van der Waals surface area contributed by atoms with Gasteiger partial charge in [0.05, 0.1) is 22.9 Å². The van der Waals surface area contributed by atoms with Crippen LogP contribution in [0.25, 0.3) is 0 Å². The predicted molar refractivity (Wildman–Crippen MR) is 94.2 cm³/mol. The first kappa shape index (κ1) is 21.3. The van der Waals surface area contributed by atoms with Crippen LogP contribution < -0.4 is 5.32 Å². The van der Waals surface area contributed by atoms with Gasteiger partial charge < -0.3 is 5.32 Å². The van der Waals surface area contributed by atoms with Crippen molar-refractivity contribution < 1.29 is 31.1 Å².